The number of ether oxygens (including phenoxy) is 4. The summed E-state index contributed by atoms with van der Waals surface area (Å²) in [4.78, 5) is 4.54. The second kappa shape index (κ2) is 11.9. The first kappa shape index (κ1) is 27.6. The molecule has 0 aliphatic rings. The molecule has 0 saturated heterocycles. The van der Waals surface area contributed by atoms with Gasteiger partial charge in [0.25, 0.3) is 10.0 Å². The number of aromatic nitrogens is 3. The number of aryl methyl sites for hydroxylation is 1. The molecule has 4 aromatic rings. The Hall–Kier alpha value is -4.45. The molecule has 1 aromatic heterocycles. The highest BCUT2D eigenvalue weighted by Gasteiger charge is 2.24. The fraction of sp³-hybridized carbons (Fsp3) is 0.259. The summed E-state index contributed by atoms with van der Waals surface area (Å²) in [6.07, 6.45) is 0. The molecule has 2 N–H and O–H groups in total. The minimum absolute atomic E-state index is 0.0557. The van der Waals surface area contributed by atoms with E-state index < -0.39 is 10.0 Å². The largest absolute Gasteiger partial charge is 0.493 e. The molecule has 39 heavy (non-hydrogen) atoms. The van der Waals surface area contributed by atoms with Gasteiger partial charge in [0.15, 0.2) is 23.0 Å². The molecule has 0 aliphatic heterocycles. The molecule has 0 fully saturated rings. The summed E-state index contributed by atoms with van der Waals surface area (Å²) in [5, 5.41) is 10.5. The Morgan fingerprint density at radius 3 is 1.74 bits per heavy atom. The van der Waals surface area contributed by atoms with Gasteiger partial charge in [-0.2, -0.15) is 13.4 Å². The van der Waals surface area contributed by atoms with E-state index in [1.165, 1.54) is 0 Å². The molecule has 0 radical (unpaired) electrons. The van der Waals surface area contributed by atoms with Crippen LogP contribution in [-0.4, -0.2) is 51.0 Å². The van der Waals surface area contributed by atoms with Crippen molar-refractivity contribution in [1.82, 2.24) is 14.2 Å². The van der Waals surface area contributed by atoms with Crippen molar-refractivity contribution in [3.05, 3.63) is 77.4 Å². The smallest absolute Gasteiger partial charge is 0.286 e. The number of nitrogens with one attached hydrogen (secondary N) is 2. The van der Waals surface area contributed by atoms with Crippen molar-refractivity contribution < 1.29 is 27.4 Å². The van der Waals surface area contributed by atoms with E-state index in [2.05, 4.69) is 20.7 Å². The van der Waals surface area contributed by atoms with E-state index >= 15 is 0 Å². The third-order valence-electron chi connectivity index (χ3n) is 5.92. The van der Waals surface area contributed by atoms with Crippen LogP contribution in [0, 0.1) is 6.92 Å². The summed E-state index contributed by atoms with van der Waals surface area (Å²) in [5.74, 6) is 2.52. The zero-order chi connectivity index (χ0) is 28.0. The summed E-state index contributed by atoms with van der Waals surface area (Å²) in [6, 6.07) is 17.5. The van der Waals surface area contributed by atoms with E-state index in [-0.39, 0.29) is 23.3 Å². The van der Waals surface area contributed by atoms with E-state index in [0.29, 0.717) is 29.5 Å². The third kappa shape index (κ3) is 6.17. The van der Waals surface area contributed by atoms with Crippen molar-refractivity contribution >= 4 is 21.9 Å². The molecule has 0 atom stereocenters. The van der Waals surface area contributed by atoms with Gasteiger partial charge in [0.05, 0.1) is 33.3 Å². The number of hydrogen-bond acceptors (Lipinski definition) is 10. The van der Waals surface area contributed by atoms with Crippen LogP contribution < -0.4 is 29.6 Å². The Balaban J connectivity index is 1.63. The molecule has 0 amide bonds. The van der Waals surface area contributed by atoms with E-state index in [4.69, 9.17) is 18.9 Å². The van der Waals surface area contributed by atoms with Crippen LogP contribution in [0.2, 0.25) is 0 Å². The van der Waals surface area contributed by atoms with Crippen LogP contribution in [0.4, 0.5) is 11.9 Å². The number of nitrogens with zero attached hydrogens (tertiary/aromatic N) is 3. The molecular formula is C27H31N5O6S. The van der Waals surface area contributed by atoms with Gasteiger partial charge in [-0.15, -0.1) is 9.19 Å². The van der Waals surface area contributed by atoms with Crippen LogP contribution in [0.3, 0.4) is 0 Å². The molecule has 1 heterocycles. The number of hydrogen-bond donors (Lipinski definition) is 2. The van der Waals surface area contributed by atoms with Crippen LogP contribution in [0.5, 0.6) is 23.0 Å². The van der Waals surface area contributed by atoms with Crippen molar-refractivity contribution in [2.75, 3.05) is 39.1 Å². The molecule has 206 valence electrons. The first-order valence-corrected chi connectivity index (χ1v) is 13.4. The fourth-order valence-corrected chi connectivity index (χ4v) is 5.00. The molecule has 0 unspecified atom stereocenters. The maximum Gasteiger partial charge on any atom is 0.286 e. The lowest BCUT2D eigenvalue weighted by Crippen LogP contribution is -2.18. The maximum atomic E-state index is 13.5. The fourth-order valence-electron chi connectivity index (χ4n) is 3.80. The minimum Gasteiger partial charge on any atom is -0.493 e. The van der Waals surface area contributed by atoms with Crippen LogP contribution >= 0.6 is 0 Å². The van der Waals surface area contributed by atoms with Crippen molar-refractivity contribution in [2.24, 2.45) is 0 Å². The zero-order valence-electron chi connectivity index (χ0n) is 22.4. The van der Waals surface area contributed by atoms with Gasteiger partial charge in [-0.3, -0.25) is 0 Å². The quantitative estimate of drug-likeness (QED) is 0.265. The highest BCUT2D eigenvalue weighted by Crippen LogP contribution is 2.29. The van der Waals surface area contributed by atoms with Gasteiger partial charge in [-0.1, -0.05) is 29.8 Å². The van der Waals surface area contributed by atoms with Crippen LogP contribution in [0.1, 0.15) is 16.7 Å². The SMILES string of the molecule is COc1ccc(CNc2nc(NCc3ccc(OC)c(OC)c3)n(S(=O)(=O)c3ccc(C)cc3)n2)cc1OC. The Morgan fingerprint density at radius 1 is 0.718 bits per heavy atom. The standard InChI is InChI=1S/C27H31N5O6S/c1-18-6-10-21(11-7-18)39(33,34)32-27(29-17-20-9-13-23(36-3)25(15-20)38-5)30-26(31-32)28-16-19-8-12-22(35-2)24(14-19)37-4/h6-15H,16-17H2,1-5H3,(H2,28,29,30,31). The predicted octanol–water partition coefficient (Wildman–Crippen LogP) is 4.08. The van der Waals surface area contributed by atoms with Gasteiger partial charge < -0.3 is 29.6 Å². The van der Waals surface area contributed by atoms with Crippen LogP contribution in [-0.2, 0) is 23.1 Å². The van der Waals surface area contributed by atoms with E-state index in [1.807, 2.05) is 25.1 Å². The van der Waals surface area contributed by atoms with Crippen molar-refractivity contribution in [3.8, 4) is 23.0 Å². The van der Waals surface area contributed by atoms with E-state index in [1.54, 1.807) is 70.9 Å². The topological polar surface area (TPSA) is 126 Å². The van der Waals surface area contributed by atoms with E-state index in [0.717, 1.165) is 20.8 Å². The van der Waals surface area contributed by atoms with Crippen LogP contribution in [0.25, 0.3) is 0 Å². The average molecular weight is 554 g/mol. The van der Waals surface area contributed by atoms with Gasteiger partial charge in [-0.05, 0) is 54.4 Å². The first-order chi connectivity index (χ1) is 18.8. The highest BCUT2D eigenvalue weighted by atomic mass is 32.2. The molecule has 0 saturated carbocycles. The number of methoxy groups -OCH3 is 4. The lowest BCUT2D eigenvalue weighted by atomic mass is 10.2. The molecule has 4 rings (SSSR count). The second-order valence-electron chi connectivity index (χ2n) is 8.51. The molecule has 12 heteroatoms. The van der Waals surface area contributed by atoms with Crippen LogP contribution in [0.15, 0.2) is 65.6 Å². The maximum absolute atomic E-state index is 13.5. The summed E-state index contributed by atoms with van der Waals surface area (Å²) < 4.78 is 49.3. The minimum atomic E-state index is -4.04. The summed E-state index contributed by atoms with van der Waals surface area (Å²) in [7, 11) is 2.20. The average Bonchev–Trinajstić information content (AvgIpc) is 3.38. The number of benzene rings is 3. The Labute approximate surface area is 227 Å². The van der Waals surface area contributed by atoms with Gasteiger partial charge in [0, 0.05) is 13.1 Å². The first-order valence-electron chi connectivity index (χ1n) is 12.0. The van der Waals surface area contributed by atoms with Gasteiger partial charge in [0.1, 0.15) is 0 Å². The van der Waals surface area contributed by atoms with Crippen molar-refractivity contribution in [2.45, 2.75) is 24.9 Å². The van der Waals surface area contributed by atoms with Gasteiger partial charge in [0.2, 0.25) is 11.9 Å². The second-order valence-corrected chi connectivity index (χ2v) is 10.3. The zero-order valence-corrected chi connectivity index (χ0v) is 23.2. The van der Waals surface area contributed by atoms with Gasteiger partial charge in [-0.25, -0.2) is 0 Å². The van der Waals surface area contributed by atoms with Crippen molar-refractivity contribution in [3.63, 3.8) is 0 Å². The molecule has 3 aromatic carbocycles. The van der Waals surface area contributed by atoms with Crippen molar-refractivity contribution in [1.29, 1.82) is 0 Å². The summed E-state index contributed by atoms with van der Waals surface area (Å²) in [6.45, 7) is 2.47. The van der Waals surface area contributed by atoms with Gasteiger partial charge >= 0.3 is 0 Å². The summed E-state index contributed by atoms with van der Waals surface area (Å²) >= 11 is 0. The third-order valence-corrected chi connectivity index (χ3v) is 7.50. The highest BCUT2D eigenvalue weighted by molar-refractivity contribution is 7.90. The lowest BCUT2D eigenvalue weighted by Gasteiger charge is -2.11. The Morgan fingerprint density at radius 2 is 1.23 bits per heavy atom. The number of rotatable bonds is 12. The molecular weight excluding hydrogens is 522 g/mol. The lowest BCUT2D eigenvalue weighted by molar-refractivity contribution is 0.354. The molecule has 11 nitrogen and oxygen atoms in total. The summed E-state index contributed by atoms with van der Waals surface area (Å²) in [5.41, 5.74) is 2.64. The number of anilines is 2. The molecule has 0 bridgehead atoms. The van der Waals surface area contributed by atoms with E-state index in [9.17, 15) is 8.42 Å². The predicted molar refractivity (Wildman–Crippen MR) is 148 cm³/mol. The Kier molecular flexibility index (Phi) is 8.45. The molecule has 0 spiro atoms. The molecule has 0 aliphatic carbocycles. The Bertz CT molecular complexity index is 1540. The normalized spacial score (nSPS) is 11.1. The monoisotopic (exact) mass is 553 g/mol.